The third-order valence-corrected chi connectivity index (χ3v) is 2.41. The van der Waals surface area contributed by atoms with Crippen LogP contribution in [0.3, 0.4) is 0 Å². The number of nitrogens with one attached hydrogen (secondary N) is 1. The summed E-state index contributed by atoms with van der Waals surface area (Å²) in [5.74, 6) is 0.565. The molecule has 17 heavy (non-hydrogen) atoms. The van der Waals surface area contributed by atoms with Crippen LogP contribution in [0.2, 0.25) is 5.02 Å². The molecule has 0 amide bonds. The van der Waals surface area contributed by atoms with Crippen molar-refractivity contribution < 1.29 is 9.84 Å². The molecule has 0 radical (unpaired) electrons. The number of rotatable bonds is 7. The zero-order chi connectivity index (χ0) is 12.7. The Morgan fingerprint density at radius 3 is 2.82 bits per heavy atom. The Labute approximate surface area is 111 Å². The summed E-state index contributed by atoms with van der Waals surface area (Å²) in [6.45, 7) is 4.55. The largest absolute Gasteiger partial charge is 0.489 e. The maximum absolute atomic E-state index is 9.61. The van der Waals surface area contributed by atoms with E-state index in [0.29, 0.717) is 28.9 Å². The molecule has 0 aliphatic carbocycles. The van der Waals surface area contributed by atoms with Crippen LogP contribution in [0.25, 0.3) is 0 Å². The van der Waals surface area contributed by atoms with E-state index in [1.807, 2.05) is 12.1 Å². The van der Waals surface area contributed by atoms with Gasteiger partial charge in [-0.05, 0) is 12.1 Å². The molecule has 0 fully saturated rings. The molecule has 94 valence electrons. The van der Waals surface area contributed by atoms with Crippen molar-refractivity contribution in [3.8, 4) is 5.75 Å². The highest BCUT2D eigenvalue weighted by molar-refractivity contribution is 6.32. The summed E-state index contributed by atoms with van der Waals surface area (Å²) in [5, 5.41) is 13.6. The highest BCUT2D eigenvalue weighted by Crippen LogP contribution is 2.22. The van der Waals surface area contributed by atoms with Gasteiger partial charge in [-0.15, -0.1) is 0 Å². The minimum absolute atomic E-state index is 0.172. The van der Waals surface area contributed by atoms with Crippen LogP contribution in [0.5, 0.6) is 5.75 Å². The van der Waals surface area contributed by atoms with Crippen LogP contribution in [0.15, 0.2) is 35.9 Å². The molecule has 0 aromatic heterocycles. The number of benzene rings is 1. The third-order valence-electron chi connectivity index (χ3n) is 1.96. The maximum atomic E-state index is 9.61. The molecule has 1 aromatic rings. The predicted octanol–water partition coefficient (Wildman–Crippen LogP) is 2.42. The van der Waals surface area contributed by atoms with Gasteiger partial charge in [-0.1, -0.05) is 41.9 Å². The van der Waals surface area contributed by atoms with Crippen LogP contribution >= 0.6 is 23.2 Å². The molecular formula is C12H15Cl2NO2. The van der Waals surface area contributed by atoms with Crippen LogP contribution in [0, 0.1) is 0 Å². The molecule has 1 atom stereocenters. The average Bonchev–Trinajstić information content (AvgIpc) is 2.27. The zero-order valence-corrected chi connectivity index (χ0v) is 10.8. The molecule has 3 nitrogen and oxygen atoms in total. The fourth-order valence-corrected chi connectivity index (χ4v) is 1.47. The number of halogens is 2. The van der Waals surface area contributed by atoms with Crippen molar-refractivity contribution in [1.82, 2.24) is 5.32 Å². The lowest BCUT2D eigenvalue weighted by atomic mass is 10.3. The van der Waals surface area contributed by atoms with Crippen LogP contribution in [-0.4, -0.2) is 30.9 Å². The standard InChI is InChI=1S/C12H15Cl2NO2/c1-9(13)6-15-7-10(16)8-17-12-5-3-2-4-11(12)14/h2-5,10,15-16H,1,6-8H2. The summed E-state index contributed by atoms with van der Waals surface area (Å²) < 4.78 is 5.38. The van der Waals surface area contributed by atoms with Gasteiger partial charge < -0.3 is 15.2 Å². The lowest BCUT2D eigenvalue weighted by molar-refractivity contribution is 0.107. The number of aliphatic hydroxyl groups excluding tert-OH is 1. The van der Waals surface area contributed by atoms with Crippen LogP contribution in [0.1, 0.15) is 0 Å². The number of hydrogen-bond acceptors (Lipinski definition) is 3. The normalized spacial score (nSPS) is 12.2. The first-order valence-corrected chi connectivity index (χ1v) is 5.94. The van der Waals surface area contributed by atoms with E-state index in [0.717, 1.165) is 0 Å². The third kappa shape index (κ3) is 5.94. The molecule has 0 aliphatic heterocycles. The highest BCUT2D eigenvalue weighted by Gasteiger charge is 2.06. The molecule has 0 bridgehead atoms. The van der Waals surface area contributed by atoms with Crippen molar-refractivity contribution >= 4 is 23.2 Å². The molecule has 0 aliphatic rings. The lowest BCUT2D eigenvalue weighted by Gasteiger charge is -2.13. The van der Waals surface area contributed by atoms with Crippen molar-refractivity contribution in [1.29, 1.82) is 0 Å². The lowest BCUT2D eigenvalue weighted by Crippen LogP contribution is -2.32. The predicted molar refractivity (Wildman–Crippen MR) is 70.8 cm³/mol. The van der Waals surface area contributed by atoms with Gasteiger partial charge in [0.05, 0.1) is 5.02 Å². The van der Waals surface area contributed by atoms with Gasteiger partial charge in [0.15, 0.2) is 0 Å². The van der Waals surface area contributed by atoms with E-state index in [1.54, 1.807) is 12.1 Å². The summed E-state index contributed by atoms with van der Waals surface area (Å²) in [6.07, 6.45) is -0.623. The van der Waals surface area contributed by atoms with Crippen LogP contribution in [0.4, 0.5) is 0 Å². The SMILES string of the molecule is C=C(Cl)CNCC(O)COc1ccccc1Cl. The monoisotopic (exact) mass is 275 g/mol. The molecule has 0 saturated carbocycles. The fourth-order valence-electron chi connectivity index (χ4n) is 1.18. The first kappa shape index (κ1) is 14.3. The van der Waals surface area contributed by atoms with E-state index < -0.39 is 6.10 Å². The average molecular weight is 276 g/mol. The Morgan fingerprint density at radius 1 is 1.47 bits per heavy atom. The second-order valence-electron chi connectivity index (χ2n) is 3.54. The molecule has 0 spiro atoms. The van der Waals surface area contributed by atoms with E-state index in [9.17, 15) is 5.11 Å². The minimum atomic E-state index is -0.623. The van der Waals surface area contributed by atoms with Gasteiger partial charge in [0.2, 0.25) is 0 Å². The van der Waals surface area contributed by atoms with Crippen molar-refractivity contribution in [2.45, 2.75) is 6.10 Å². The molecular weight excluding hydrogens is 261 g/mol. The van der Waals surface area contributed by atoms with Crippen molar-refractivity contribution in [3.05, 3.63) is 40.9 Å². The summed E-state index contributed by atoms with van der Waals surface area (Å²) in [5.41, 5.74) is 0. The smallest absolute Gasteiger partial charge is 0.138 e. The Kier molecular flexibility index (Phi) is 6.37. The molecule has 0 heterocycles. The minimum Gasteiger partial charge on any atom is -0.489 e. The van der Waals surface area contributed by atoms with E-state index in [-0.39, 0.29) is 6.61 Å². The highest BCUT2D eigenvalue weighted by atomic mass is 35.5. The van der Waals surface area contributed by atoms with Crippen LogP contribution < -0.4 is 10.1 Å². The van der Waals surface area contributed by atoms with Crippen molar-refractivity contribution in [2.24, 2.45) is 0 Å². The van der Waals surface area contributed by atoms with Gasteiger partial charge in [0, 0.05) is 18.1 Å². The van der Waals surface area contributed by atoms with Crippen LogP contribution in [-0.2, 0) is 0 Å². The molecule has 5 heteroatoms. The fraction of sp³-hybridized carbons (Fsp3) is 0.333. The van der Waals surface area contributed by atoms with Gasteiger partial charge in [-0.3, -0.25) is 0 Å². The van der Waals surface area contributed by atoms with Gasteiger partial charge in [0.25, 0.3) is 0 Å². The first-order valence-electron chi connectivity index (χ1n) is 5.19. The van der Waals surface area contributed by atoms with Crippen molar-refractivity contribution in [3.63, 3.8) is 0 Å². The van der Waals surface area contributed by atoms with Gasteiger partial charge in [-0.25, -0.2) is 0 Å². The Balaban J connectivity index is 2.26. The van der Waals surface area contributed by atoms with Gasteiger partial charge in [0.1, 0.15) is 18.5 Å². The van der Waals surface area contributed by atoms with E-state index in [1.165, 1.54) is 0 Å². The van der Waals surface area contributed by atoms with E-state index in [4.69, 9.17) is 27.9 Å². The topological polar surface area (TPSA) is 41.5 Å². The molecule has 1 unspecified atom stereocenters. The number of para-hydroxylation sites is 1. The summed E-state index contributed by atoms with van der Waals surface area (Å²) in [7, 11) is 0. The maximum Gasteiger partial charge on any atom is 0.138 e. The number of ether oxygens (including phenoxy) is 1. The first-order chi connectivity index (χ1) is 8.09. The number of hydrogen-bond donors (Lipinski definition) is 2. The quantitative estimate of drug-likeness (QED) is 0.803. The van der Waals surface area contributed by atoms with Gasteiger partial charge >= 0.3 is 0 Å². The Morgan fingerprint density at radius 2 is 2.18 bits per heavy atom. The molecule has 1 aromatic carbocycles. The molecule has 0 saturated heterocycles. The number of aliphatic hydroxyl groups is 1. The molecule has 2 N–H and O–H groups in total. The second kappa shape index (κ2) is 7.56. The summed E-state index contributed by atoms with van der Waals surface area (Å²) >= 11 is 11.5. The van der Waals surface area contributed by atoms with Crippen molar-refractivity contribution in [2.75, 3.05) is 19.7 Å². The summed E-state index contributed by atoms with van der Waals surface area (Å²) in [4.78, 5) is 0. The van der Waals surface area contributed by atoms with Gasteiger partial charge in [-0.2, -0.15) is 0 Å². The second-order valence-corrected chi connectivity index (χ2v) is 4.49. The summed E-state index contributed by atoms with van der Waals surface area (Å²) in [6, 6.07) is 7.13. The molecule has 1 rings (SSSR count). The Bertz CT molecular complexity index is 371. The zero-order valence-electron chi connectivity index (χ0n) is 9.33. The Hall–Kier alpha value is -0.740. The van der Waals surface area contributed by atoms with E-state index in [2.05, 4.69) is 11.9 Å². The van der Waals surface area contributed by atoms with E-state index >= 15 is 0 Å².